The minimum Gasteiger partial charge on any atom is -0.545 e. The summed E-state index contributed by atoms with van der Waals surface area (Å²) >= 11 is 0. The molecule has 0 aromatic heterocycles. The molecule has 2 amide bonds. The molecule has 3 aromatic carbocycles. The number of hydrogen-bond acceptors (Lipinski definition) is 4. The van der Waals surface area contributed by atoms with Crippen molar-refractivity contribution in [2.75, 3.05) is 4.90 Å². The van der Waals surface area contributed by atoms with Crippen LogP contribution in [0.5, 0.6) is 0 Å². The van der Waals surface area contributed by atoms with Gasteiger partial charge in [-0.1, -0.05) is 60.7 Å². The van der Waals surface area contributed by atoms with E-state index in [1.807, 2.05) is 31.2 Å². The van der Waals surface area contributed by atoms with Gasteiger partial charge in [0.1, 0.15) is 0 Å². The second-order valence-corrected chi connectivity index (χ2v) is 8.74. The van der Waals surface area contributed by atoms with E-state index in [0.717, 1.165) is 22.3 Å². The Morgan fingerprint density at radius 2 is 1.35 bits per heavy atom. The molecular weight excluding hydrogens is 390 g/mol. The van der Waals surface area contributed by atoms with Crippen LogP contribution in [0.15, 0.2) is 72.8 Å². The molecule has 5 nitrogen and oxygen atoms in total. The maximum absolute atomic E-state index is 13.9. The summed E-state index contributed by atoms with van der Waals surface area (Å²) in [5.41, 5.74) is 3.94. The van der Waals surface area contributed by atoms with Crippen LogP contribution in [0.2, 0.25) is 0 Å². The second-order valence-electron chi connectivity index (χ2n) is 8.74. The summed E-state index contributed by atoms with van der Waals surface area (Å²) in [5.74, 6) is -2.66. The molecule has 0 spiro atoms. The van der Waals surface area contributed by atoms with Crippen LogP contribution in [0.25, 0.3) is 0 Å². The lowest BCUT2D eigenvalue weighted by Crippen LogP contribution is -2.49. The van der Waals surface area contributed by atoms with Crippen molar-refractivity contribution < 1.29 is 19.5 Å². The van der Waals surface area contributed by atoms with Crippen LogP contribution in [0, 0.1) is 11.3 Å². The number of aromatic carboxylic acids is 1. The van der Waals surface area contributed by atoms with Crippen molar-refractivity contribution in [2.24, 2.45) is 11.3 Å². The standard InChI is InChI=1S/C26H19NO4/c1-26-21-18-8-4-2-6-16(18)20(17-7-3-5-9-19(17)21)22(26)23(28)27(25(26)31)15-12-10-14(11-13-15)24(29)30/h2-13,20-22H,1H3,(H,29,30)/p-1/t20?,21?,22-,26-/m0/s1. The number of benzene rings is 3. The number of carbonyl (C=O) groups is 3. The summed E-state index contributed by atoms with van der Waals surface area (Å²) in [6.45, 7) is 1.91. The van der Waals surface area contributed by atoms with E-state index in [4.69, 9.17) is 0 Å². The number of carbonyl (C=O) groups excluding carboxylic acids is 3. The second kappa shape index (κ2) is 5.91. The van der Waals surface area contributed by atoms with Crippen LogP contribution in [0.4, 0.5) is 5.69 Å². The highest BCUT2D eigenvalue weighted by atomic mass is 16.4. The number of amides is 2. The average molecular weight is 408 g/mol. The van der Waals surface area contributed by atoms with Gasteiger partial charge in [0.15, 0.2) is 0 Å². The lowest BCUT2D eigenvalue weighted by atomic mass is 9.48. The van der Waals surface area contributed by atoms with Crippen LogP contribution in [0.1, 0.15) is 51.4 Å². The number of carboxylic acid groups (broad SMARTS) is 1. The summed E-state index contributed by atoms with van der Waals surface area (Å²) in [6, 6.07) is 22.0. The predicted molar refractivity (Wildman–Crippen MR) is 111 cm³/mol. The highest BCUT2D eigenvalue weighted by molar-refractivity contribution is 6.25. The van der Waals surface area contributed by atoms with Gasteiger partial charge in [0.25, 0.3) is 0 Å². The van der Waals surface area contributed by atoms with Gasteiger partial charge in [-0.05, 0) is 46.9 Å². The number of carboxylic acids is 1. The molecule has 7 rings (SSSR count). The highest BCUT2D eigenvalue weighted by Gasteiger charge is 2.68. The fraction of sp³-hybridized carbons (Fsp3) is 0.192. The molecule has 5 heteroatoms. The molecule has 1 heterocycles. The molecular formula is C26H18NO4-. The molecule has 152 valence electrons. The summed E-state index contributed by atoms with van der Waals surface area (Å²) < 4.78 is 0. The zero-order valence-electron chi connectivity index (χ0n) is 16.7. The Balaban J connectivity index is 1.56. The summed E-state index contributed by atoms with van der Waals surface area (Å²) in [4.78, 5) is 40.0. The van der Waals surface area contributed by atoms with Gasteiger partial charge >= 0.3 is 0 Å². The Bertz CT molecular complexity index is 1250. The fourth-order valence-electron chi connectivity index (χ4n) is 6.11. The first-order valence-electron chi connectivity index (χ1n) is 10.3. The lowest BCUT2D eigenvalue weighted by molar-refractivity contribution is -0.255. The third-order valence-electron chi connectivity index (χ3n) is 7.37. The number of hydrogen-bond donors (Lipinski definition) is 0. The molecule has 2 atom stereocenters. The van der Waals surface area contributed by atoms with Crippen molar-refractivity contribution in [3.8, 4) is 0 Å². The molecule has 31 heavy (non-hydrogen) atoms. The van der Waals surface area contributed by atoms with Gasteiger partial charge in [0.2, 0.25) is 11.8 Å². The first-order valence-corrected chi connectivity index (χ1v) is 10.3. The molecule has 1 saturated heterocycles. The van der Waals surface area contributed by atoms with Crippen LogP contribution in [-0.2, 0) is 9.59 Å². The zero-order chi connectivity index (χ0) is 21.5. The topological polar surface area (TPSA) is 77.5 Å². The minimum atomic E-state index is -1.30. The molecule has 3 aliphatic carbocycles. The molecule has 4 aliphatic rings. The zero-order valence-corrected chi connectivity index (χ0v) is 16.7. The Labute approximate surface area is 178 Å². The quantitative estimate of drug-likeness (QED) is 0.611. The average Bonchev–Trinajstić information content (AvgIpc) is 2.99. The highest BCUT2D eigenvalue weighted by Crippen LogP contribution is 2.67. The van der Waals surface area contributed by atoms with E-state index in [0.29, 0.717) is 5.69 Å². The maximum Gasteiger partial charge on any atom is 0.241 e. The molecule has 1 fully saturated rings. The molecule has 0 N–H and O–H groups in total. The van der Waals surface area contributed by atoms with E-state index in [9.17, 15) is 19.5 Å². The number of nitrogens with zero attached hydrogens (tertiary/aromatic N) is 1. The Morgan fingerprint density at radius 3 is 1.87 bits per heavy atom. The molecule has 0 unspecified atom stereocenters. The molecule has 2 bridgehead atoms. The third-order valence-corrected chi connectivity index (χ3v) is 7.37. The number of rotatable bonds is 2. The number of anilines is 1. The van der Waals surface area contributed by atoms with Gasteiger partial charge in [-0.15, -0.1) is 0 Å². The van der Waals surface area contributed by atoms with Crippen LogP contribution >= 0.6 is 0 Å². The summed E-state index contributed by atoms with van der Waals surface area (Å²) in [7, 11) is 0. The maximum atomic E-state index is 13.9. The van der Waals surface area contributed by atoms with Crippen molar-refractivity contribution >= 4 is 23.5 Å². The molecule has 0 radical (unpaired) electrons. The van der Waals surface area contributed by atoms with E-state index in [-0.39, 0.29) is 29.2 Å². The van der Waals surface area contributed by atoms with Crippen LogP contribution in [0.3, 0.4) is 0 Å². The lowest BCUT2D eigenvalue weighted by Gasteiger charge is -2.51. The smallest absolute Gasteiger partial charge is 0.241 e. The van der Waals surface area contributed by atoms with Gasteiger partial charge in [0, 0.05) is 11.8 Å². The molecule has 1 aliphatic heterocycles. The molecule has 3 aromatic rings. The van der Waals surface area contributed by atoms with E-state index >= 15 is 0 Å². The van der Waals surface area contributed by atoms with Crippen molar-refractivity contribution in [1.82, 2.24) is 0 Å². The first-order chi connectivity index (χ1) is 14.9. The summed E-state index contributed by atoms with van der Waals surface area (Å²) in [5, 5.41) is 11.1. The van der Waals surface area contributed by atoms with Gasteiger partial charge in [-0.3, -0.25) is 9.59 Å². The van der Waals surface area contributed by atoms with Crippen LogP contribution in [-0.4, -0.2) is 17.8 Å². The minimum absolute atomic E-state index is 0.00588. The van der Waals surface area contributed by atoms with E-state index in [1.54, 1.807) is 0 Å². The van der Waals surface area contributed by atoms with E-state index in [1.165, 1.54) is 29.2 Å². The van der Waals surface area contributed by atoms with Gasteiger partial charge in [-0.25, -0.2) is 4.90 Å². The van der Waals surface area contributed by atoms with Gasteiger partial charge < -0.3 is 9.90 Å². The Morgan fingerprint density at radius 1 is 0.839 bits per heavy atom. The SMILES string of the molecule is C[C@@]12C(=O)N(c3ccc(C(=O)[O-])cc3)C(=O)[C@@H]1C1c3ccccc3C2c2ccccc21. The number of imide groups is 1. The third kappa shape index (κ3) is 2.08. The Kier molecular flexibility index (Phi) is 3.45. The van der Waals surface area contributed by atoms with E-state index < -0.39 is 17.3 Å². The van der Waals surface area contributed by atoms with Gasteiger partial charge in [0.05, 0.1) is 23.0 Å². The largest absolute Gasteiger partial charge is 0.545 e. The predicted octanol–water partition coefficient (Wildman–Crippen LogP) is 2.84. The Hall–Kier alpha value is -3.73. The van der Waals surface area contributed by atoms with Crippen molar-refractivity contribution in [3.05, 3.63) is 101 Å². The monoisotopic (exact) mass is 408 g/mol. The van der Waals surface area contributed by atoms with Crippen molar-refractivity contribution in [2.45, 2.75) is 18.8 Å². The molecule has 0 saturated carbocycles. The normalized spacial score (nSPS) is 27.6. The first kappa shape index (κ1) is 18.1. The van der Waals surface area contributed by atoms with Gasteiger partial charge in [-0.2, -0.15) is 0 Å². The fourth-order valence-corrected chi connectivity index (χ4v) is 6.11. The van der Waals surface area contributed by atoms with Crippen LogP contribution < -0.4 is 10.0 Å². The summed E-state index contributed by atoms with van der Waals surface area (Å²) in [6.07, 6.45) is 0. The van der Waals surface area contributed by atoms with E-state index in [2.05, 4.69) is 24.3 Å². The van der Waals surface area contributed by atoms with Crippen molar-refractivity contribution in [3.63, 3.8) is 0 Å². The van der Waals surface area contributed by atoms with Crippen molar-refractivity contribution in [1.29, 1.82) is 0 Å².